The third kappa shape index (κ3) is 4.69. The molecule has 0 saturated heterocycles. The van der Waals surface area contributed by atoms with Crippen LogP contribution in [0, 0.1) is 0 Å². The summed E-state index contributed by atoms with van der Waals surface area (Å²) in [6.07, 6.45) is 3.37. The van der Waals surface area contributed by atoms with Gasteiger partial charge in [-0.05, 0) is 37.3 Å². The average Bonchev–Trinajstić information content (AvgIpc) is 3.15. The van der Waals surface area contributed by atoms with Crippen LogP contribution in [0.3, 0.4) is 0 Å². The maximum absolute atomic E-state index is 12.2. The number of phenols is 1. The minimum absolute atomic E-state index is 0.0414. The van der Waals surface area contributed by atoms with Crippen LogP contribution in [0.25, 0.3) is 11.3 Å². The molecule has 144 valence electrons. The molecule has 7 nitrogen and oxygen atoms in total. The smallest absolute Gasteiger partial charge is 0.260 e. The van der Waals surface area contributed by atoms with Crippen LogP contribution in [0.5, 0.6) is 11.5 Å². The Hall–Kier alpha value is -3.32. The SMILES string of the molecule is COc1cc(/C(C)=N\NC(=O)Cn2cnc(-c3ccc(Cl)cc3)c2)ccc1O. The van der Waals surface area contributed by atoms with Crippen LogP contribution >= 0.6 is 11.6 Å². The topological polar surface area (TPSA) is 88.7 Å². The number of nitrogens with zero attached hydrogens (tertiary/aromatic N) is 3. The van der Waals surface area contributed by atoms with Gasteiger partial charge in [-0.15, -0.1) is 0 Å². The summed E-state index contributed by atoms with van der Waals surface area (Å²) in [6.45, 7) is 1.83. The quantitative estimate of drug-likeness (QED) is 0.491. The molecule has 1 heterocycles. The Labute approximate surface area is 167 Å². The number of aromatic nitrogens is 2. The third-order valence-electron chi connectivity index (χ3n) is 4.05. The van der Waals surface area contributed by atoms with Gasteiger partial charge >= 0.3 is 0 Å². The van der Waals surface area contributed by atoms with E-state index in [1.807, 2.05) is 12.1 Å². The number of phenolic OH excluding ortho intramolecular Hbond substituents is 1. The van der Waals surface area contributed by atoms with Crippen molar-refractivity contribution in [3.8, 4) is 22.8 Å². The van der Waals surface area contributed by atoms with Gasteiger partial charge in [-0.3, -0.25) is 4.79 Å². The van der Waals surface area contributed by atoms with Gasteiger partial charge in [0.1, 0.15) is 6.54 Å². The van der Waals surface area contributed by atoms with Crippen LogP contribution in [0.1, 0.15) is 12.5 Å². The maximum atomic E-state index is 12.2. The number of carbonyl (C=O) groups is 1. The first kappa shape index (κ1) is 19.4. The number of imidazole rings is 1. The summed E-state index contributed by atoms with van der Waals surface area (Å²) in [5.74, 6) is 0.0938. The van der Waals surface area contributed by atoms with Crippen molar-refractivity contribution >= 4 is 23.2 Å². The molecular weight excluding hydrogens is 380 g/mol. The largest absolute Gasteiger partial charge is 0.504 e. The molecule has 2 N–H and O–H groups in total. The van der Waals surface area contributed by atoms with E-state index in [1.54, 1.807) is 48.3 Å². The second-order valence-corrected chi connectivity index (χ2v) is 6.49. The van der Waals surface area contributed by atoms with Crippen molar-refractivity contribution < 1.29 is 14.6 Å². The fourth-order valence-electron chi connectivity index (χ4n) is 2.53. The maximum Gasteiger partial charge on any atom is 0.260 e. The molecule has 0 spiro atoms. The highest BCUT2D eigenvalue weighted by atomic mass is 35.5. The highest BCUT2D eigenvalue weighted by Crippen LogP contribution is 2.26. The minimum Gasteiger partial charge on any atom is -0.504 e. The predicted octanol–water partition coefficient (Wildman–Crippen LogP) is 3.46. The van der Waals surface area contributed by atoms with E-state index in [-0.39, 0.29) is 18.2 Å². The van der Waals surface area contributed by atoms with Gasteiger partial charge in [0.15, 0.2) is 11.5 Å². The molecule has 0 aliphatic rings. The number of nitrogens with one attached hydrogen (secondary N) is 1. The van der Waals surface area contributed by atoms with Crippen molar-refractivity contribution in [2.45, 2.75) is 13.5 Å². The molecule has 28 heavy (non-hydrogen) atoms. The molecule has 2 aromatic carbocycles. The molecule has 0 atom stereocenters. The summed E-state index contributed by atoms with van der Waals surface area (Å²) in [6, 6.07) is 12.2. The van der Waals surface area contributed by atoms with Crippen LogP contribution < -0.4 is 10.2 Å². The van der Waals surface area contributed by atoms with Gasteiger partial charge < -0.3 is 14.4 Å². The lowest BCUT2D eigenvalue weighted by molar-refractivity contribution is -0.121. The lowest BCUT2D eigenvalue weighted by Crippen LogP contribution is -2.23. The Balaban J connectivity index is 1.62. The molecule has 3 rings (SSSR count). The van der Waals surface area contributed by atoms with Gasteiger partial charge in [-0.1, -0.05) is 23.7 Å². The second-order valence-electron chi connectivity index (χ2n) is 6.06. The zero-order chi connectivity index (χ0) is 20.1. The Bertz CT molecular complexity index is 1010. The van der Waals surface area contributed by atoms with Gasteiger partial charge in [-0.25, -0.2) is 10.4 Å². The summed E-state index contributed by atoms with van der Waals surface area (Å²) in [4.78, 5) is 16.5. The summed E-state index contributed by atoms with van der Waals surface area (Å²) >= 11 is 5.89. The Kier molecular flexibility index (Phi) is 5.96. The van der Waals surface area contributed by atoms with Crippen LogP contribution in [0.2, 0.25) is 5.02 Å². The number of ether oxygens (including phenoxy) is 1. The average molecular weight is 399 g/mol. The molecule has 0 aliphatic carbocycles. The monoisotopic (exact) mass is 398 g/mol. The second kappa shape index (κ2) is 8.58. The van der Waals surface area contributed by atoms with Gasteiger partial charge in [0, 0.05) is 22.3 Å². The van der Waals surface area contributed by atoms with E-state index in [4.69, 9.17) is 16.3 Å². The number of methoxy groups -OCH3 is 1. The van der Waals surface area contributed by atoms with Crippen LogP contribution in [-0.2, 0) is 11.3 Å². The van der Waals surface area contributed by atoms with E-state index in [1.165, 1.54) is 13.2 Å². The molecular formula is C20H19ClN4O3. The zero-order valence-electron chi connectivity index (χ0n) is 15.4. The first-order valence-corrected chi connectivity index (χ1v) is 8.82. The summed E-state index contributed by atoms with van der Waals surface area (Å²) in [5.41, 5.74) is 5.49. The third-order valence-corrected chi connectivity index (χ3v) is 4.30. The fourth-order valence-corrected chi connectivity index (χ4v) is 2.66. The van der Waals surface area contributed by atoms with Crippen molar-refractivity contribution in [1.29, 1.82) is 0 Å². The molecule has 0 unspecified atom stereocenters. The molecule has 3 aromatic rings. The van der Waals surface area contributed by atoms with Crippen LogP contribution in [0.4, 0.5) is 0 Å². The van der Waals surface area contributed by atoms with E-state index in [0.717, 1.165) is 16.8 Å². The van der Waals surface area contributed by atoms with E-state index in [2.05, 4.69) is 15.5 Å². The highest BCUT2D eigenvalue weighted by Gasteiger charge is 2.08. The van der Waals surface area contributed by atoms with Crippen molar-refractivity contribution in [2.24, 2.45) is 5.10 Å². The number of amides is 1. The summed E-state index contributed by atoms with van der Waals surface area (Å²) < 4.78 is 6.75. The highest BCUT2D eigenvalue weighted by molar-refractivity contribution is 6.30. The number of hydrogen-bond donors (Lipinski definition) is 2. The predicted molar refractivity (Wildman–Crippen MR) is 108 cm³/mol. The zero-order valence-corrected chi connectivity index (χ0v) is 16.1. The number of hydrogen-bond acceptors (Lipinski definition) is 5. The van der Waals surface area contributed by atoms with E-state index < -0.39 is 0 Å². The molecule has 0 aliphatic heterocycles. The lowest BCUT2D eigenvalue weighted by atomic mass is 10.1. The normalized spacial score (nSPS) is 11.3. The Morgan fingerprint density at radius 1 is 1.29 bits per heavy atom. The minimum atomic E-state index is -0.287. The van der Waals surface area contributed by atoms with E-state index >= 15 is 0 Å². The molecule has 0 radical (unpaired) electrons. The lowest BCUT2D eigenvalue weighted by Gasteiger charge is -2.07. The molecule has 1 aromatic heterocycles. The molecule has 0 fully saturated rings. The van der Waals surface area contributed by atoms with Crippen LogP contribution in [0.15, 0.2) is 60.1 Å². The van der Waals surface area contributed by atoms with Gasteiger partial charge in [0.2, 0.25) is 0 Å². The van der Waals surface area contributed by atoms with Gasteiger partial charge in [-0.2, -0.15) is 5.10 Å². The standard InChI is InChI=1S/C20H19ClN4O3/c1-13(15-5-8-18(26)19(9-15)28-2)23-24-20(27)11-25-10-17(22-12-25)14-3-6-16(21)7-4-14/h3-10,12,26H,11H2,1-2H3,(H,24,27)/b23-13-. The Morgan fingerprint density at radius 2 is 2.04 bits per heavy atom. The number of benzene rings is 2. The number of hydrazone groups is 1. The van der Waals surface area contributed by atoms with Crippen molar-refractivity contribution in [3.63, 3.8) is 0 Å². The van der Waals surface area contributed by atoms with Crippen molar-refractivity contribution in [2.75, 3.05) is 7.11 Å². The van der Waals surface area contributed by atoms with Crippen molar-refractivity contribution in [3.05, 3.63) is 65.6 Å². The summed E-state index contributed by atoms with van der Waals surface area (Å²) in [5, 5.41) is 14.4. The molecule has 0 saturated carbocycles. The van der Waals surface area contributed by atoms with Crippen molar-refractivity contribution in [1.82, 2.24) is 15.0 Å². The molecule has 1 amide bonds. The number of halogens is 1. The Morgan fingerprint density at radius 3 is 2.75 bits per heavy atom. The first-order valence-electron chi connectivity index (χ1n) is 8.44. The summed E-state index contributed by atoms with van der Waals surface area (Å²) in [7, 11) is 1.47. The van der Waals surface area contributed by atoms with E-state index in [9.17, 15) is 9.90 Å². The molecule has 8 heteroatoms. The van der Waals surface area contributed by atoms with E-state index in [0.29, 0.717) is 16.5 Å². The van der Waals surface area contributed by atoms with Crippen LogP contribution in [-0.4, -0.2) is 33.4 Å². The first-order chi connectivity index (χ1) is 13.5. The molecule has 0 bridgehead atoms. The fraction of sp³-hybridized carbons (Fsp3) is 0.150. The van der Waals surface area contributed by atoms with Gasteiger partial charge in [0.25, 0.3) is 5.91 Å². The number of aromatic hydroxyl groups is 1. The number of carbonyl (C=O) groups excluding carboxylic acids is 1. The number of rotatable bonds is 6. The van der Waals surface area contributed by atoms with Gasteiger partial charge in [0.05, 0.1) is 24.8 Å².